The number of nitrogens with one attached hydrogen (secondary N) is 2. The third kappa shape index (κ3) is 4.82. The van der Waals surface area contributed by atoms with Crippen LogP contribution in [-0.2, 0) is 4.79 Å². The molecule has 0 aliphatic heterocycles. The van der Waals surface area contributed by atoms with Crippen molar-refractivity contribution in [2.75, 3.05) is 11.9 Å². The number of halogens is 3. The summed E-state index contributed by atoms with van der Waals surface area (Å²) < 4.78 is 5.49. The van der Waals surface area contributed by atoms with Gasteiger partial charge in [-0.25, -0.2) is 4.98 Å². The van der Waals surface area contributed by atoms with Crippen LogP contribution >= 0.6 is 46.6 Å². The number of amides is 1. The van der Waals surface area contributed by atoms with Gasteiger partial charge in [-0.3, -0.25) is 4.79 Å². The summed E-state index contributed by atoms with van der Waals surface area (Å²) in [6.45, 7) is 4.30. The van der Waals surface area contributed by atoms with Crippen LogP contribution in [0.1, 0.15) is 13.8 Å². The molecule has 2 N–H and O–H groups in total. The van der Waals surface area contributed by atoms with Gasteiger partial charge in [0.05, 0.1) is 43.6 Å². The summed E-state index contributed by atoms with van der Waals surface area (Å²) in [6, 6.07) is 8.65. The lowest BCUT2D eigenvalue weighted by Gasteiger charge is -2.12. The van der Waals surface area contributed by atoms with E-state index in [2.05, 4.69) is 15.3 Å². The highest BCUT2D eigenvalue weighted by molar-refractivity contribution is 8.00. The minimum atomic E-state index is -0.414. The summed E-state index contributed by atoms with van der Waals surface area (Å²) in [5.41, 5.74) is 2.07. The molecule has 0 aliphatic rings. The number of fused-ring (bicyclic) bond motifs is 1. The van der Waals surface area contributed by atoms with Crippen molar-refractivity contribution in [3.8, 4) is 5.75 Å². The Morgan fingerprint density at radius 1 is 1.22 bits per heavy atom. The zero-order valence-electron chi connectivity index (χ0n) is 14.5. The standard InChI is InChI=1S/C18H16Cl3N3O2S/c1-3-26-10-4-5-14-16(6-10)24-18(23-14)27-9(2)17(25)22-15-8-12(20)11(19)7-13(15)21/h4-9H,3H2,1-2H3,(H,22,25)(H,23,24). The Kier molecular flexibility index (Phi) is 6.42. The number of carbonyl (C=O) groups is 1. The summed E-state index contributed by atoms with van der Waals surface area (Å²) in [5.74, 6) is 0.543. The predicted octanol–water partition coefficient (Wildman–Crippen LogP) is 6.04. The van der Waals surface area contributed by atoms with Crippen molar-refractivity contribution in [3.05, 3.63) is 45.4 Å². The number of ether oxygens (including phenoxy) is 1. The van der Waals surface area contributed by atoms with Crippen molar-refractivity contribution in [3.63, 3.8) is 0 Å². The van der Waals surface area contributed by atoms with Crippen LogP contribution in [0.3, 0.4) is 0 Å². The van der Waals surface area contributed by atoms with Gasteiger partial charge in [0.1, 0.15) is 5.75 Å². The smallest absolute Gasteiger partial charge is 0.237 e. The third-order valence-corrected chi connectivity index (χ3v) is 5.69. The van der Waals surface area contributed by atoms with Crippen LogP contribution in [0.15, 0.2) is 35.5 Å². The monoisotopic (exact) mass is 443 g/mol. The Balaban J connectivity index is 1.71. The lowest BCUT2D eigenvalue weighted by molar-refractivity contribution is -0.115. The van der Waals surface area contributed by atoms with E-state index in [1.165, 1.54) is 23.9 Å². The number of nitrogens with zero attached hydrogens (tertiary/aromatic N) is 1. The van der Waals surface area contributed by atoms with E-state index in [9.17, 15) is 4.79 Å². The molecule has 142 valence electrons. The van der Waals surface area contributed by atoms with Gasteiger partial charge in [-0.1, -0.05) is 46.6 Å². The molecule has 0 fully saturated rings. The van der Waals surface area contributed by atoms with E-state index in [4.69, 9.17) is 39.5 Å². The van der Waals surface area contributed by atoms with Gasteiger partial charge < -0.3 is 15.0 Å². The van der Waals surface area contributed by atoms with Crippen LogP contribution in [0.5, 0.6) is 5.75 Å². The summed E-state index contributed by atoms with van der Waals surface area (Å²) in [4.78, 5) is 20.2. The number of hydrogen-bond donors (Lipinski definition) is 2. The number of hydrogen-bond acceptors (Lipinski definition) is 4. The topological polar surface area (TPSA) is 67.0 Å². The van der Waals surface area contributed by atoms with Crippen molar-refractivity contribution < 1.29 is 9.53 Å². The Labute approximate surface area is 175 Å². The average molecular weight is 445 g/mol. The predicted molar refractivity (Wildman–Crippen MR) is 113 cm³/mol. The number of carbonyl (C=O) groups excluding carboxylic acids is 1. The van der Waals surface area contributed by atoms with E-state index in [1.807, 2.05) is 25.1 Å². The minimum Gasteiger partial charge on any atom is -0.494 e. The second-order valence-corrected chi connectivity index (χ2v) is 8.20. The largest absolute Gasteiger partial charge is 0.494 e. The second kappa shape index (κ2) is 8.61. The fourth-order valence-corrected chi connectivity index (χ4v) is 3.77. The van der Waals surface area contributed by atoms with Crippen LogP contribution in [0.4, 0.5) is 5.69 Å². The maximum Gasteiger partial charge on any atom is 0.237 e. The number of aromatic amines is 1. The highest BCUT2D eigenvalue weighted by atomic mass is 35.5. The molecule has 1 unspecified atom stereocenters. The first kappa shape index (κ1) is 20.1. The van der Waals surface area contributed by atoms with Gasteiger partial charge in [0.15, 0.2) is 5.16 Å². The van der Waals surface area contributed by atoms with E-state index in [0.717, 1.165) is 16.8 Å². The third-order valence-electron chi connectivity index (χ3n) is 3.67. The highest BCUT2D eigenvalue weighted by Crippen LogP contribution is 2.33. The number of thioether (sulfide) groups is 1. The maximum atomic E-state index is 12.5. The molecule has 0 bridgehead atoms. The summed E-state index contributed by atoms with van der Waals surface area (Å²) in [6.07, 6.45) is 0. The van der Waals surface area contributed by atoms with E-state index in [-0.39, 0.29) is 5.91 Å². The lowest BCUT2D eigenvalue weighted by Crippen LogP contribution is -2.22. The lowest BCUT2D eigenvalue weighted by atomic mass is 10.3. The molecule has 1 heterocycles. The first-order valence-corrected chi connectivity index (χ1v) is 10.1. The van der Waals surface area contributed by atoms with Gasteiger partial charge >= 0.3 is 0 Å². The van der Waals surface area contributed by atoms with Gasteiger partial charge in [-0.2, -0.15) is 0 Å². The van der Waals surface area contributed by atoms with Gasteiger partial charge in [0.25, 0.3) is 0 Å². The number of H-pyrrole nitrogens is 1. The molecule has 9 heteroatoms. The zero-order chi connectivity index (χ0) is 19.6. The Morgan fingerprint density at radius 3 is 2.70 bits per heavy atom. The zero-order valence-corrected chi connectivity index (χ0v) is 17.6. The van der Waals surface area contributed by atoms with Gasteiger partial charge in [-0.05, 0) is 38.1 Å². The highest BCUT2D eigenvalue weighted by Gasteiger charge is 2.18. The number of rotatable bonds is 6. The first-order valence-electron chi connectivity index (χ1n) is 8.12. The van der Waals surface area contributed by atoms with Crippen LogP contribution in [0.25, 0.3) is 11.0 Å². The van der Waals surface area contributed by atoms with E-state index in [1.54, 1.807) is 6.92 Å². The molecule has 1 amide bonds. The Morgan fingerprint density at radius 2 is 1.96 bits per heavy atom. The molecule has 0 spiro atoms. The van der Waals surface area contributed by atoms with Crippen LogP contribution in [0, 0.1) is 0 Å². The first-order chi connectivity index (χ1) is 12.9. The molecule has 3 rings (SSSR count). The van der Waals surface area contributed by atoms with E-state index >= 15 is 0 Å². The molecule has 3 aromatic rings. The number of benzene rings is 2. The van der Waals surface area contributed by atoms with Crippen molar-refractivity contribution in [2.45, 2.75) is 24.3 Å². The van der Waals surface area contributed by atoms with E-state index in [0.29, 0.717) is 32.5 Å². The van der Waals surface area contributed by atoms with Crippen LogP contribution < -0.4 is 10.1 Å². The summed E-state index contributed by atoms with van der Waals surface area (Å²) in [7, 11) is 0. The maximum absolute atomic E-state index is 12.5. The molecular formula is C18H16Cl3N3O2S. The Bertz CT molecular complexity index is 993. The van der Waals surface area contributed by atoms with Gasteiger partial charge in [0, 0.05) is 6.07 Å². The van der Waals surface area contributed by atoms with Crippen molar-refractivity contribution in [1.82, 2.24) is 9.97 Å². The molecule has 0 saturated carbocycles. The fourth-order valence-electron chi connectivity index (χ4n) is 2.35. The number of anilines is 1. The Hall–Kier alpha value is -1.60. The quantitative estimate of drug-likeness (QED) is 0.359. The molecule has 1 atom stereocenters. The second-order valence-electron chi connectivity index (χ2n) is 5.65. The molecular weight excluding hydrogens is 429 g/mol. The van der Waals surface area contributed by atoms with Crippen LogP contribution in [-0.4, -0.2) is 27.7 Å². The normalized spacial score (nSPS) is 12.2. The molecule has 0 aliphatic carbocycles. The summed E-state index contributed by atoms with van der Waals surface area (Å²) in [5, 5.41) is 3.96. The molecule has 27 heavy (non-hydrogen) atoms. The number of imidazole rings is 1. The minimum absolute atomic E-state index is 0.226. The SMILES string of the molecule is CCOc1ccc2nc(SC(C)C(=O)Nc3cc(Cl)c(Cl)cc3Cl)[nH]c2c1. The number of aromatic nitrogens is 2. The van der Waals surface area contributed by atoms with E-state index < -0.39 is 5.25 Å². The molecule has 5 nitrogen and oxygen atoms in total. The average Bonchev–Trinajstić information content (AvgIpc) is 3.01. The van der Waals surface area contributed by atoms with Crippen molar-refractivity contribution in [2.24, 2.45) is 0 Å². The molecule has 0 saturated heterocycles. The van der Waals surface area contributed by atoms with Crippen molar-refractivity contribution in [1.29, 1.82) is 0 Å². The van der Waals surface area contributed by atoms with Crippen molar-refractivity contribution >= 4 is 69.2 Å². The van der Waals surface area contributed by atoms with Gasteiger partial charge in [0.2, 0.25) is 5.91 Å². The molecule has 2 aromatic carbocycles. The van der Waals surface area contributed by atoms with Gasteiger partial charge in [-0.15, -0.1) is 0 Å². The summed E-state index contributed by atoms with van der Waals surface area (Å²) >= 11 is 19.3. The molecule has 0 radical (unpaired) electrons. The fraction of sp³-hybridized carbons (Fsp3) is 0.222. The molecule has 1 aromatic heterocycles. The van der Waals surface area contributed by atoms with Crippen LogP contribution in [0.2, 0.25) is 15.1 Å².